The number of nitrogens with zero attached hydrogens (tertiary/aromatic N) is 1. The predicted molar refractivity (Wildman–Crippen MR) is 79.4 cm³/mol. The SMILES string of the molecule is Cc1ccc(N2CC(CCN)CC2(C)C)cc1Cl. The normalized spacial score (nSPS) is 22.5. The number of hydrogen-bond acceptors (Lipinski definition) is 2. The third-order valence-corrected chi connectivity index (χ3v) is 4.41. The molecule has 1 aromatic carbocycles. The lowest BCUT2D eigenvalue weighted by Gasteiger charge is -2.33. The van der Waals surface area contributed by atoms with Gasteiger partial charge in [-0.25, -0.2) is 0 Å². The van der Waals surface area contributed by atoms with Crippen LogP contribution in [-0.2, 0) is 0 Å². The molecule has 0 aliphatic carbocycles. The fourth-order valence-electron chi connectivity index (χ4n) is 3.02. The van der Waals surface area contributed by atoms with Gasteiger partial charge in [0.25, 0.3) is 0 Å². The summed E-state index contributed by atoms with van der Waals surface area (Å²) in [5.41, 5.74) is 8.24. The van der Waals surface area contributed by atoms with E-state index < -0.39 is 0 Å². The second-order valence-corrected chi connectivity index (χ2v) is 6.41. The molecule has 2 N–H and O–H groups in total. The Morgan fingerprint density at radius 2 is 2.17 bits per heavy atom. The van der Waals surface area contributed by atoms with E-state index in [1.54, 1.807) is 0 Å². The van der Waals surface area contributed by atoms with E-state index in [0.717, 1.165) is 30.1 Å². The van der Waals surface area contributed by atoms with Crippen molar-refractivity contribution in [3.63, 3.8) is 0 Å². The van der Waals surface area contributed by atoms with E-state index in [4.69, 9.17) is 17.3 Å². The van der Waals surface area contributed by atoms with Crippen LogP contribution in [-0.4, -0.2) is 18.6 Å². The number of benzene rings is 1. The van der Waals surface area contributed by atoms with Gasteiger partial charge in [-0.1, -0.05) is 17.7 Å². The van der Waals surface area contributed by atoms with Crippen molar-refractivity contribution in [2.75, 3.05) is 18.0 Å². The van der Waals surface area contributed by atoms with Gasteiger partial charge in [-0.05, 0) is 63.8 Å². The molecule has 0 spiro atoms. The lowest BCUT2D eigenvalue weighted by molar-refractivity contribution is 0.458. The molecular weight excluding hydrogens is 244 g/mol. The van der Waals surface area contributed by atoms with Crippen LogP contribution < -0.4 is 10.6 Å². The number of hydrogen-bond donors (Lipinski definition) is 1. The van der Waals surface area contributed by atoms with Crippen LogP contribution in [0.15, 0.2) is 18.2 Å². The Morgan fingerprint density at radius 3 is 2.78 bits per heavy atom. The van der Waals surface area contributed by atoms with Crippen molar-refractivity contribution in [1.82, 2.24) is 0 Å². The van der Waals surface area contributed by atoms with E-state index in [1.807, 2.05) is 6.92 Å². The van der Waals surface area contributed by atoms with Crippen molar-refractivity contribution in [3.05, 3.63) is 28.8 Å². The largest absolute Gasteiger partial charge is 0.366 e. The summed E-state index contributed by atoms with van der Waals surface area (Å²) in [4.78, 5) is 2.47. The summed E-state index contributed by atoms with van der Waals surface area (Å²) in [6.07, 6.45) is 2.31. The monoisotopic (exact) mass is 266 g/mol. The lowest BCUT2D eigenvalue weighted by atomic mass is 9.94. The predicted octanol–water partition coefficient (Wildman–Crippen LogP) is 3.60. The highest BCUT2D eigenvalue weighted by molar-refractivity contribution is 6.31. The molecule has 2 rings (SSSR count). The van der Waals surface area contributed by atoms with E-state index in [9.17, 15) is 0 Å². The highest BCUT2D eigenvalue weighted by atomic mass is 35.5. The minimum atomic E-state index is 0.193. The first kappa shape index (κ1) is 13.7. The molecule has 0 bridgehead atoms. The molecule has 0 aromatic heterocycles. The number of nitrogens with two attached hydrogens (primary N) is 1. The van der Waals surface area contributed by atoms with E-state index in [0.29, 0.717) is 5.92 Å². The maximum Gasteiger partial charge on any atom is 0.0455 e. The average molecular weight is 267 g/mol. The van der Waals surface area contributed by atoms with Crippen LogP contribution in [0.2, 0.25) is 5.02 Å². The van der Waals surface area contributed by atoms with Gasteiger partial charge in [-0.15, -0.1) is 0 Å². The second-order valence-electron chi connectivity index (χ2n) is 6.00. The zero-order valence-electron chi connectivity index (χ0n) is 11.5. The summed E-state index contributed by atoms with van der Waals surface area (Å²) in [6, 6.07) is 6.36. The van der Waals surface area contributed by atoms with Crippen LogP contribution in [0.1, 0.15) is 32.3 Å². The zero-order chi connectivity index (χ0) is 13.3. The molecule has 0 radical (unpaired) electrons. The Bertz CT molecular complexity index is 429. The number of halogens is 1. The van der Waals surface area contributed by atoms with Gasteiger partial charge in [0.15, 0.2) is 0 Å². The molecule has 100 valence electrons. The fourth-order valence-corrected chi connectivity index (χ4v) is 3.19. The molecule has 2 nitrogen and oxygen atoms in total. The molecule has 1 aliphatic heterocycles. The van der Waals surface area contributed by atoms with E-state index in [2.05, 4.69) is 36.9 Å². The van der Waals surface area contributed by atoms with Gasteiger partial charge in [0.2, 0.25) is 0 Å². The number of rotatable bonds is 3. The third kappa shape index (κ3) is 2.65. The van der Waals surface area contributed by atoms with Gasteiger partial charge in [0.05, 0.1) is 0 Å². The van der Waals surface area contributed by atoms with Crippen molar-refractivity contribution >= 4 is 17.3 Å². The highest BCUT2D eigenvalue weighted by Gasteiger charge is 2.37. The van der Waals surface area contributed by atoms with Gasteiger partial charge < -0.3 is 10.6 Å². The molecule has 1 heterocycles. The lowest BCUT2D eigenvalue weighted by Crippen LogP contribution is -2.38. The summed E-state index contributed by atoms with van der Waals surface area (Å²) < 4.78 is 0. The molecule has 0 amide bonds. The molecule has 1 saturated heterocycles. The van der Waals surface area contributed by atoms with Gasteiger partial charge in [0.1, 0.15) is 0 Å². The average Bonchev–Trinajstić information content (AvgIpc) is 2.58. The van der Waals surface area contributed by atoms with Gasteiger partial charge in [-0.3, -0.25) is 0 Å². The Hall–Kier alpha value is -0.730. The molecular formula is C15H23ClN2. The van der Waals surface area contributed by atoms with Crippen LogP contribution in [0.5, 0.6) is 0 Å². The minimum absolute atomic E-state index is 0.193. The quantitative estimate of drug-likeness (QED) is 0.906. The minimum Gasteiger partial charge on any atom is -0.366 e. The van der Waals surface area contributed by atoms with E-state index in [-0.39, 0.29) is 5.54 Å². The topological polar surface area (TPSA) is 29.3 Å². The van der Waals surface area contributed by atoms with Crippen LogP contribution in [0, 0.1) is 12.8 Å². The molecule has 1 atom stereocenters. The smallest absolute Gasteiger partial charge is 0.0455 e. The Balaban J connectivity index is 2.24. The summed E-state index contributed by atoms with van der Waals surface area (Å²) in [7, 11) is 0. The zero-order valence-corrected chi connectivity index (χ0v) is 12.3. The van der Waals surface area contributed by atoms with Gasteiger partial charge in [-0.2, -0.15) is 0 Å². The Labute approximate surface area is 115 Å². The molecule has 1 fully saturated rings. The Morgan fingerprint density at radius 1 is 1.44 bits per heavy atom. The molecule has 0 saturated carbocycles. The molecule has 1 aliphatic rings. The van der Waals surface area contributed by atoms with Crippen molar-refractivity contribution < 1.29 is 0 Å². The third-order valence-electron chi connectivity index (χ3n) is 4.00. The summed E-state index contributed by atoms with van der Waals surface area (Å²) >= 11 is 6.24. The summed E-state index contributed by atoms with van der Waals surface area (Å²) in [5.74, 6) is 0.699. The fraction of sp³-hybridized carbons (Fsp3) is 0.600. The van der Waals surface area contributed by atoms with Crippen molar-refractivity contribution in [2.45, 2.75) is 39.2 Å². The van der Waals surface area contributed by atoms with Crippen LogP contribution in [0.25, 0.3) is 0 Å². The second kappa shape index (κ2) is 5.10. The summed E-state index contributed by atoms with van der Waals surface area (Å²) in [5, 5.41) is 0.852. The van der Waals surface area contributed by atoms with Crippen molar-refractivity contribution in [2.24, 2.45) is 11.7 Å². The van der Waals surface area contributed by atoms with Crippen LogP contribution in [0.4, 0.5) is 5.69 Å². The first-order valence-electron chi connectivity index (χ1n) is 6.68. The standard InChI is InChI=1S/C15H23ClN2/c1-11-4-5-13(8-14(11)16)18-10-12(6-7-17)9-15(18,2)3/h4-5,8,12H,6-7,9-10,17H2,1-3H3. The van der Waals surface area contributed by atoms with Crippen molar-refractivity contribution in [3.8, 4) is 0 Å². The molecule has 1 aromatic rings. The number of aryl methyl sites for hydroxylation is 1. The maximum atomic E-state index is 6.24. The van der Waals surface area contributed by atoms with E-state index in [1.165, 1.54) is 12.1 Å². The molecule has 3 heteroatoms. The molecule has 1 unspecified atom stereocenters. The first-order chi connectivity index (χ1) is 8.44. The van der Waals surface area contributed by atoms with Crippen LogP contribution in [0.3, 0.4) is 0 Å². The van der Waals surface area contributed by atoms with E-state index >= 15 is 0 Å². The number of anilines is 1. The maximum absolute atomic E-state index is 6.24. The van der Waals surface area contributed by atoms with Crippen molar-refractivity contribution in [1.29, 1.82) is 0 Å². The van der Waals surface area contributed by atoms with Crippen LogP contribution >= 0.6 is 11.6 Å². The van der Waals surface area contributed by atoms with Gasteiger partial charge >= 0.3 is 0 Å². The van der Waals surface area contributed by atoms with Gasteiger partial charge in [0, 0.05) is 22.8 Å². The Kier molecular flexibility index (Phi) is 3.88. The first-order valence-corrected chi connectivity index (χ1v) is 7.05. The highest BCUT2D eigenvalue weighted by Crippen LogP contribution is 2.38. The molecule has 18 heavy (non-hydrogen) atoms. The summed E-state index contributed by atoms with van der Waals surface area (Å²) in [6.45, 7) is 8.51.